The van der Waals surface area contributed by atoms with Crippen molar-refractivity contribution in [3.05, 3.63) is 12.2 Å². The van der Waals surface area contributed by atoms with Crippen LogP contribution < -0.4 is 5.73 Å². The van der Waals surface area contributed by atoms with E-state index in [1.165, 1.54) is 58.0 Å². The Morgan fingerprint density at radius 2 is 1.90 bits per heavy atom. The van der Waals surface area contributed by atoms with Gasteiger partial charge in [0, 0.05) is 25.0 Å². The molecule has 2 aliphatic rings. The van der Waals surface area contributed by atoms with Crippen molar-refractivity contribution >= 4 is 0 Å². The number of aromatic nitrogens is 3. The van der Waals surface area contributed by atoms with Crippen LogP contribution in [0.15, 0.2) is 6.33 Å². The summed E-state index contributed by atoms with van der Waals surface area (Å²) in [6, 6.07) is 0.172. The van der Waals surface area contributed by atoms with Crippen molar-refractivity contribution in [1.29, 1.82) is 0 Å². The molecule has 5 nitrogen and oxygen atoms in total. The average Bonchev–Trinajstić information content (AvgIpc) is 3.11. The van der Waals surface area contributed by atoms with E-state index < -0.39 is 0 Å². The van der Waals surface area contributed by atoms with Crippen molar-refractivity contribution in [2.24, 2.45) is 12.8 Å². The summed E-state index contributed by atoms with van der Waals surface area (Å²) in [5.74, 6) is 1.01. The van der Waals surface area contributed by atoms with E-state index in [0.717, 1.165) is 12.2 Å². The molecule has 2 fully saturated rings. The molecule has 1 aromatic heterocycles. The van der Waals surface area contributed by atoms with Crippen LogP contribution in [-0.2, 0) is 13.5 Å². The van der Waals surface area contributed by atoms with Crippen molar-refractivity contribution in [1.82, 2.24) is 19.7 Å². The molecule has 0 aromatic carbocycles. The van der Waals surface area contributed by atoms with E-state index in [1.54, 1.807) is 6.33 Å². The van der Waals surface area contributed by atoms with E-state index in [4.69, 9.17) is 5.73 Å². The number of hydrogen-bond donors (Lipinski definition) is 1. The molecule has 0 bridgehead atoms. The van der Waals surface area contributed by atoms with Crippen LogP contribution in [-0.4, -0.2) is 44.3 Å². The number of aryl methyl sites for hydroxylation is 1. The topological polar surface area (TPSA) is 60.0 Å². The molecule has 2 N–H and O–H groups in total. The standard InChI is InChI=1S/C15H27N5/c1-19-14(17-12-18-19)11-13(16)15(7-3-4-8-15)20-9-5-2-6-10-20/h12-13H,2-11,16H2,1H3. The maximum atomic E-state index is 6.68. The fourth-order valence-corrected chi connectivity index (χ4v) is 4.14. The van der Waals surface area contributed by atoms with Crippen LogP contribution in [0.2, 0.25) is 0 Å². The SMILES string of the molecule is Cn1ncnc1CC(N)C1(N2CCCCC2)CCCC1. The number of likely N-dealkylation sites (tertiary alicyclic amines) is 1. The van der Waals surface area contributed by atoms with E-state index in [0.29, 0.717) is 0 Å². The monoisotopic (exact) mass is 277 g/mol. The lowest BCUT2D eigenvalue weighted by Gasteiger charge is -2.47. The van der Waals surface area contributed by atoms with Gasteiger partial charge in [-0.15, -0.1) is 0 Å². The molecule has 3 rings (SSSR count). The molecule has 1 saturated heterocycles. The molecule has 1 unspecified atom stereocenters. The van der Waals surface area contributed by atoms with Crippen LogP contribution in [0.25, 0.3) is 0 Å². The quantitative estimate of drug-likeness (QED) is 0.905. The van der Waals surface area contributed by atoms with E-state index in [1.807, 2.05) is 11.7 Å². The number of hydrogen-bond acceptors (Lipinski definition) is 4. The van der Waals surface area contributed by atoms with Crippen molar-refractivity contribution in [3.63, 3.8) is 0 Å². The Labute approximate surface area is 121 Å². The lowest BCUT2D eigenvalue weighted by Crippen LogP contribution is -2.60. The van der Waals surface area contributed by atoms with Gasteiger partial charge in [0.2, 0.25) is 0 Å². The number of nitrogens with two attached hydrogens (primary N) is 1. The molecule has 112 valence electrons. The van der Waals surface area contributed by atoms with Gasteiger partial charge in [0.25, 0.3) is 0 Å². The summed E-state index contributed by atoms with van der Waals surface area (Å²) in [5, 5.41) is 4.17. The molecule has 1 saturated carbocycles. The zero-order chi connectivity index (χ0) is 14.0. The third-order valence-corrected chi connectivity index (χ3v) is 5.35. The normalized spacial score (nSPS) is 24.9. The van der Waals surface area contributed by atoms with E-state index >= 15 is 0 Å². The number of nitrogens with zero attached hydrogens (tertiary/aromatic N) is 4. The van der Waals surface area contributed by atoms with Crippen molar-refractivity contribution < 1.29 is 0 Å². The van der Waals surface area contributed by atoms with Gasteiger partial charge in [-0.25, -0.2) is 4.98 Å². The first kappa shape index (κ1) is 14.0. The molecule has 1 atom stereocenters. The second kappa shape index (κ2) is 5.82. The lowest BCUT2D eigenvalue weighted by molar-refractivity contribution is 0.0474. The Kier molecular flexibility index (Phi) is 4.08. The van der Waals surface area contributed by atoms with Crippen LogP contribution in [0.1, 0.15) is 50.8 Å². The Hall–Kier alpha value is -0.940. The molecule has 2 heterocycles. The number of rotatable bonds is 4. The van der Waals surface area contributed by atoms with Crippen LogP contribution in [0, 0.1) is 0 Å². The van der Waals surface area contributed by atoms with Crippen LogP contribution in [0.3, 0.4) is 0 Å². The highest BCUT2D eigenvalue weighted by Gasteiger charge is 2.44. The molecule has 1 aliphatic heterocycles. The van der Waals surface area contributed by atoms with Gasteiger partial charge in [0.15, 0.2) is 0 Å². The highest BCUT2D eigenvalue weighted by Crippen LogP contribution is 2.39. The van der Waals surface area contributed by atoms with Gasteiger partial charge in [-0.05, 0) is 38.8 Å². The maximum absolute atomic E-state index is 6.68. The molecule has 0 amide bonds. The predicted molar refractivity (Wildman–Crippen MR) is 79.3 cm³/mol. The molecule has 1 aliphatic carbocycles. The first-order valence-electron chi connectivity index (χ1n) is 8.06. The average molecular weight is 277 g/mol. The van der Waals surface area contributed by atoms with Crippen molar-refractivity contribution in [2.45, 2.75) is 62.9 Å². The molecule has 5 heteroatoms. The van der Waals surface area contributed by atoms with Gasteiger partial charge < -0.3 is 5.73 Å². The Morgan fingerprint density at radius 3 is 2.50 bits per heavy atom. The first-order chi connectivity index (χ1) is 9.72. The predicted octanol–water partition coefficient (Wildman–Crippen LogP) is 1.48. The van der Waals surface area contributed by atoms with Crippen molar-refractivity contribution in [3.8, 4) is 0 Å². The highest BCUT2D eigenvalue weighted by atomic mass is 15.3. The summed E-state index contributed by atoms with van der Waals surface area (Å²) in [6.07, 6.45) is 11.7. The Bertz CT molecular complexity index is 429. The molecule has 1 aromatic rings. The fraction of sp³-hybridized carbons (Fsp3) is 0.867. The van der Waals surface area contributed by atoms with Gasteiger partial charge in [-0.2, -0.15) is 5.10 Å². The minimum absolute atomic E-state index is 0.172. The van der Waals surface area contributed by atoms with Crippen molar-refractivity contribution in [2.75, 3.05) is 13.1 Å². The van der Waals surface area contributed by atoms with Crippen LogP contribution in [0.4, 0.5) is 0 Å². The summed E-state index contributed by atoms with van der Waals surface area (Å²) in [4.78, 5) is 7.06. The Morgan fingerprint density at radius 1 is 1.20 bits per heavy atom. The molecule has 0 radical (unpaired) electrons. The molecule has 0 spiro atoms. The third kappa shape index (κ3) is 2.49. The molecular formula is C15H27N5. The van der Waals surface area contributed by atoms with Gasteiger partial charge in [-0.1, -0.05) is 19.3 Å². The smallest absolute Gasteiger partial charge is 0.138 e. The van der Waals surface area contributed by atoms with Gasteiger partial charge >= 0.3 is 0 Å². The first-order valence-corrected chi connectivity index (χ1v) is 8.06. The summed E-state index contributed by atoms with van der Waals surface area (Å²) in [6.45, 7) is 2.46. The Balaban J connectivity index is 1.77. The minimum Gasteiger partial charge on any atom is -0.326 e. The fourth-order valence-electron chi connectivity index (χ4n) is 4.14. The van der Waals surface area contributed by atoms with Crippen LogP contribution in [0.5, 0.6) is 0 Å². The highest BCUT2D eigenvalue weighted by molar-refractivity contribution is 5.06. The van der Waals surface area contributed by atoms with E-state index in [-0.39, 0.29) is 11.6 Å². The largest absolute Gasteiger partial charge is 0.326 e. The third-order valence-electron chi connectivity index (χ3n) is 5.35. The van der Waals surface area contributed by atoms with E-state index in [2.05, 4.69) is 15.0 Å². The van der Waals surface area contributed by atoms with Gasteiger partial charge in [0.1, 0.15) is 12.2 Å². The summed E-state index contributed by atoms with van der Waals surface area (Å²) < 4.78 is 1.86. The summed E-state index contributed by atoms with van der Waals surface area (Å²) >= 11 is 0. The second-order valence-corrected chi connectivity index (χ2v) is 6.47. The molecule has 20 heavy (non-hydrogen) atoms. The zero-order valence-electron chi connectivity index (χ0n) is 12.6. The lowest BCUT2D eigenvalue weighted by atomic mass is 9.83. The number of piperidine rings is 1. The zero-order valence-corrected chi connectivity index (χ0v) is 12.6. The van der Waals surface area contributed by atoms with Gasteiger partial charge in [0.05, 0.1) is 0 Å². The maximum Gasteiger partial charge on any atom is 0.138 e. The van der Waals surface area contributed by atoms with Crippen LogP contribution >= 0.6 is 0 Å². The summed E-state index contributed by atoms with van der Waals surface area (Å²) in [7, 11) is 1.96. The minimum atomic E-state index is 0.172. The van der Waals surface area contributed by atoms with Gasteiger partial charge in [-0.3, -0.25) is 9.58 Å². The second-order valence-electron chi connectivity index (χ2n) is 6.47. The molecular weight excluding hydrogens is 250 g/mol. The van der Waals surface area contributed by atoms with E-state index in [9.17, 15) is 0 Å². The summed E-state index contributed by atoms with van der Waals surface area (Å²) in [5.41, 5.74) is 6.90.